The standard InChI is InChI=1S/C7H14INO/c1-9(2)7-4-3-6(7)5-10-8/h6-7H,3-5H2,1-2H3/t6-,7+/m1/s1. The highest BCUT2D eigenvalue weighted by Gasteiger charge is 2.32. The molecule has 3 heteroatoms. The molecule has 0 N–H and O–H groups in total. The third kappa shape index (κ3) is 1.83. The normalized spacial score (nSPS) is 32.4. The first kappa shape index (κ1) is 8.74. The molecule has 1 aliphatic carbocycles. The van der Waals surface area contributed by atoms with Gasteiger partial charge in [0.15, 0.2) is 0 Å². The molecule has 0 aliphatic heterocycles. The Kier molecular flexibility index (Phi) is 3.39. The van der Waals surface area contributed by atoms with Gasteiger partial charge in [0, 0.05) is 6.04 Å². The van der Waals surface area contributed by atoms with Crippen LogP contribution in [0, 0.1) is 5.92 Å². The molecule has 0 unspecified atom stereocenters. The van der Waals surface area contributed by atoms with Crippen molar-refractivity contribution in [1.29, 1.82) is 0 Å². The Morgan fingerprint density at radius 1 is 1.50 bits per heavy atom. The second-order valence-electron chi connectivity index (χ2n) is 3.14. The summed E-state index contributed by atoms with van der Waals surface area (Å²) in [6.07, 6.45) is 2.68. The number of nitrogens with zero attached hydrogens (tertiary/aromatic N) is 1. The summed E-state index contributed by atoms with van der Waals surface area (Å²) in [5.74, 6) is 0.784. The van der Waals surface area contributed by atoms with E-state index in [-0.39, 0.29) is 0 Å². The summed E-state index contributed by atoms with van der Waals surface area (Å²) in [5, 5.41) is 0. The molecule has 0 amide bonds. The Morgan fingerprint density at radius 3 is 2.50 bits per heavy atom. The summed E-state index contributed by atoms with van der Waals surface area (Å²) in [7, 11) is 4.29. The molecule has 2 atom stereocenters. The number of hydrogen-bond donors (Lipinski definition) is 0. The Morgan fingerprint density at radius 2 is 2.20 bits per heavy atom. The number of rotatable bonds is 3. The summed E-state index contributed by atoms with van der Waals surface area (Å²) < 4.78 is 5.07. The van der Waals surface area contributed by atoms with E-state index in [2.05, 4.69) is 19.0 Å². The average molecular weight is 255 g/mol. The zero-order valence-corrected chi connectivity index (χ0v) is 8.67. The minimum atomic E-state index is 0.773. The molecule has 1 fully saturated rings. The maximum Gasteiger partial charge on any atom is 0.109 e. The predicted octanol–water partition coefficient (Wildman–Crippen LogP) is 1.69. The van der Waals surface area contributed by atoms with E-state index in [1.54, 1.807) is 0 Å². The topological polar surface area (TPSA) is 12.5 Å². The molecule has 1 saturated carbocycles. The Balaban J connectivity index is 2.22. The van der Waals surface area contributed by atoms with Crippen molar-refractivity contribution in [3.8, 4) is 0 Å². The van der Waals surface area contributed by atoms with Crippen LogP contribution in [0.5, 0.6) is 0 Å². The lowest BCUT2D eigenvalue weighted by molar-refractivity contribution is 0.0781. The molecular formula is C7H14INO. The highest BCUT2D eigenvalue weighted by molar-refractivity contribution is 14.1. The smallest absolute Gasteiger partial charge is 0.109 e. The first-order valence-corrected chi connectivity index (χ1v) is 4.53. The zero-order chi connectivity index (χ0) is 7.56. The molecule has 1 aliphatic rings. The monoisotopic (exact) mass is 255 g/mol. The lowest BCUT2D eigenvalue weighted by Gasteiger charge is -2.40. The fourth-order valence-corrected chi connectivity index (χ4v) is 1.97. The van der Waals surface area contributed by atoms with Crippen LogP contribution in [0.15, 0.2) is 0 Å². The molecule has 0 aromatic carbocycles. The molecule has 2 nitrogen and oxygen atoms in total. The average Bonchev–Trinajstić information content (AvgIpc) is 1.78. The highest BCUT2D eigenvalue weighted by atomic mass is 127. The molecule has 60 valence electrons. The SMILES string of the molecule is CN(C)[C@H]1CC[C@@H]1COI. The zero-order valence-electron chi connectivity index (χ0n) is 6.51. The van der Waals surface area contributed by atoms with Crippen LogP contribution >= 0.6 is 23.0 Å². The van der Waals surface area contributed by atoms with Gasteiger partial charge in [-0.1, -0.05) is 0 Å². The van der Waals surface area contributed by atoms with Gasteiger partial charge in [-0.2, -0.15) is 0 Å². The molecule has 0 saturated heterocycles. The van der Waals surface area contributed by atoms with E-state index in [0.29, 0.717) is 0 Å². The molecule has 0 bridgehead atoms. The minimum absolute atomic E-state index is 0.773. The van der Waals surface area contributed by atoms with E-state index in [0.717, 1.165) is 18.6 Å². The van der Waals surface area contributed by atoms with Crippen LogP contribution in [0.2, 0.25) is 0 Å². The minimum Gasteiger partial charge on any atom is -0.315 e. The molecule has 0 heterocycles. The van der Waals surface area contributed by atoms with Crippen molar-refractivity contribution in [2.24, 2.45) is 5.92 Å². The molecule has 1 rings (SSSR count). The second kappa shape index (κ2) is 3.88. The number of halogens is 1. The fourth-order valence-electron chi connectivity index (χ4n) is 1.51. The lowest BCUT2D eigenvalue weighted by atomic mass is 9.79. The van der Waals surface area contributed by atoms with Crippen LogP contribution in [-0.4, -0.2) is 31.6 Å². The van der Waals surface area contributed by atoms with Gasteiger partial charge < -0.3 is 7.97 Å². The third-order valence-corrected chi connectivity index (χ3v) is 2.68. The van der Waals surface area contributed by atoms with E-state index < -0.39 is 0 Å². The van der Waals surface area contributed by atoms with Crippen LogP contribution in [0.1, 0.15) is 12.8 Å². The van der Waals surface area contributed by atoms with E-state index in [1.165, 1.54) is 12.8 Å². The summed E-state index contributed by atoms with van der Waals surface area (Å²) in [6, 6.07) is 0.773. The van der Waals surface area contributed by atoms with Crippen molar-refractivity contribution in [3.63, 3.8) is 0 Å². The van der Waals surface area contributed by atoms with Crippen LogP contribution in [0.3, 0.4) is 0 Å². The first-order valence-electron chi connectivity index (χ1n) is 3.65. The van der Waals surface area contributed by atoms with Crippen molar-refractivity contribution in [3.05, 3.63) is 0 Å². The van der Waals surface area contributed by atoms with Crippen molar-refractivity contribution in [2.75, 3.05) is 20.7 Å². The fraction of sp³-hybridized carbons (Fsp3) is 1.00. The van der Waals surface area contributed by atoms with E-state index in [1.807, 2.05) is 23.0 Å². The molecule has 0 spiro atoms. The van der Waals surface area contributed by atoms with Crippen molar-refractivity contribution < 1.29 is 3.07 Å². The Bertz CT molecular complexity index is 108. The maximum atomic E-state index is 5.07. The number of hydrogen-bond acceptors (Lipinski definition) is 2. The summed E-state index contributed by atoms with van der Waals surface area (Å²) in [5.41, 5.74) is 0. The summed E-state index contributed by atoms with van der Waals surface area (Å²) in [6.45, 7) is 0.920. The lowest BCUT2D eigenvalue weighted by Crippen LogP contribution is -2.44. The third-order valence-electron chi connectivity index (χ3n) is 2.32. The summed E-state index contributed by atoms with van der Waals surface area (Å²) >= 11 is 1.97. The molecule has 10 heavy (non-hydrogen) atoms. The van der Waals surface area contributed by atoms with Gasteiger partial charge in [0.25, 0.3) is 0 Å². The highest BCUT2D eigenvalue weighted by Crippen LogP contribution is 2.31. The van der Waals surface area contributed by atoms with E-state index in [9.17, 15) is 0 Å². The van der Waals surface area contributed by atoms with Crippen LogP contribution < -0.4 is 0 Å². The van der Waals surface area contributed by atoms with Crippen molar-refractivity contribution >= 4 is 23.0 Å². The molecular weight excluding hydrogens is 241 g/mol. The van der Waals surface area contributed by atoms with Crippen molar-refractivity contribution in [1.82, 2.24) is 4.90 Å². The second-order valence-corrected chi connectivity index (χ2v) is 3.77. The van der Waals surface area contributed by atoms with Gasteiger partial charge in [-0.15, -0.1) is 0 Å². The van der Waals surface area contributed by atoms with Gasteiger partial charge in [-0.05, 0) is 32.9 Å². The van der Waals surface area contributed by atoms with Gasteiger partial charge in [0.2, 0.25) is 0 Å². The quantitative estimate of drug-likeness (QED) is 0.711. The molecule has 0 aromatic rings. The first-order chi connectivity index (χ1) is 4.75. The molecule has 0 radical (unpaired) electrons. The van der Waals surface area contributed by atoms with Gasteiger partial charge in [-0.3, -0.25) is 0 Å². The molecule has 0 aromatic heterocycles. The van der Waals surface area contributed by atoms with Gasteiger partial charge in [0.05, 0.1) is 6.61 Å². The Hall–Kier alpha value is 0.650. The largest absolute Gasteiger partial charge is 0.315 e. The van der Waals surface area contributed by atoms with Crippen molar-refractivity contribution in [2.45, 2.75) is 18.9 Å². The van der Waals surface area contributed by atoms with Crippen LogP contribution in [0.4, 0.5) is 0 Å². The van der Waals surface area contributed by atoms with Gasteiger partial charge >= 0.3 is 0 Å². The van der Waals surface area contributed by atoms with Gasteiger partial charge in [-0.25, -0.2) is 0 Å². The summed E-state index contributed by atoms with van der Waals surface area (Å²) in [4.78, 5) is 2.30. The maximum absolute atomic E-state index is 5.07. The van der Waals surface area contributed by atoms with Crippen LogP contribution in [0.25, 0.3) is 0 Å². The van der Waals surface area contributed by atoms with E-state index >= 15 is 0 Å². The van der Waals surface area contributed by atoms with E-state index in [4.69, 9.17) is 3.07 Å². The predicted molar refractivity (Wildman–Crippen MR) is 50.2 cm³/mol. The van der Waals surface area contributed by atoms with Crippen LogP contribution in [-0.2, 0) is 3.07 Å². The Labute approximate surface area is 76.6 Å². The van der Waals surface area contributed by atoms with Gasteiger partial charge in [0.1, 0.15) is 23.0 Å².